The van der Waals surface area contributed by atoms with Crippen LogP contribution in [0.4, 0.5) is 0 Å². The van der Waals surface area contributed by atoms with E-state index in [0.29, 0.717) is 0 Å². The van der Waals surface area contributed by atoms with Crippen molar-refractivity contribution in [2.24, 2.45) is 9.98 Å². The molecule has 0 amide bonds. The van der Waals surface area contributed by atoms with Gasteiger partial charge in [0.05, 0.1) is 0 Å². The van der Waals surface area contributed by atoms with Crippen molar-refractivity contribution in [2.45, 2.75) is 0 Å². The molecule has 0 heterocycles. The maximum Gasteiger partial charge on any atom is 0.114 e. The summed E-state index contributed by atoms with van der Waals surface area (Å²) in [6, 6.07) is 0. The molecule has 0 atom stereocenters. The number of hydrogen-bond acceptors (Lipinski definition) is 1. The van der Waals surface area contributed by atoms with Gasteiger partial charge in [-0.2, -0.15) is 0 Å². The number of aliphatic imine (C=N–C) groups is 2. The third kappa shape index (κ3) is 3.08. The molecule has 0 saturated heterocycles. The molecule has 0 N–H and O–H groups in total. The van der Waals surface area contributed by atoms with Crippen LogP contribution in [0, 0.1) is 0 Å². The van der Waals surface area contributed by atoms with Gasteiger partial charge in [-0.25, -0.2) is 4.99 Å². The maximum atomic E-state index is 3.50. The molecule has 2 nitrogen and oxygen atoms in total. The quantitative estimate of drug-likeness (QED) is 0.348. The first kappa shape index (κ1) is 5.08. The van der Waals surface area contributed by atoms with E-state index in [-0.39, 0.29) is 0 Å². The van der Waals surface area contributed by atoms with Crippen molar-refractivity contribution < 1.29 is 0 Å². The molecule has 32 valence electrons. The standard InChI is InChI=1S/C4H6N2/c1-3-6-4-5-2/h3-4H,1-2H2. The highest BCUT2D eigenvalue weighted by Gasteiger charge is 1.46. The van der Waals surface area contributed by atoms with Crippen molar-refractivity contribution in [2.75, 3.05) is 0 Å². The Morgan fingerprint density at radius 2 is 2.17 bits per heavy atom. The van der Waals surface area contributed by atoms with Crippen molar-refractivity contribution in [1.82, 2.24) is 0 Å². The SMILES string of the molecule is C=CN=CN=C. The van der Waals surface area contributed by atoms with Crippen LogP contribution in [0.2, 0.25) is 0 Å². The first-order chi connectivity index (χ1) is 2.91. The molecule has 0 aliphatic carbocycles. The molecule has 0 saturated carbocycles. The van der Waals surface area contributed by atoms with E-state index in [4.69, 9.17) is 0 Å². The van der Waals surface area contributed by atoms with Gasteiger partial charge in [-0.05, 0) is 6.72 Å². The van der Waals surface area contributed by atoms with Gasteiger partial charge in [0.25, 0.3) is 0 Å². The number of hydrogen-bond donors (Lipinski definition) is 0. The van der Waals surface area contributed by atoms with E-state index in [1.807, 2.05) is 0 Å². The normalized spacial score (nSPS) is 8.67. The van der Waals surface area contributed by atoms with E-state index in [2.05, 4.69) is 23.3 Å². The number of rotatable bonds is 2. The second kappa shape index (κ2) is 4.08. The van der Waals surface area contributed by atoms with Gasteiger partial charge in [0.15, 0.2) is 0 Å². The van der Waals surface area contributed by atoms with Crippen LogP contribution < -0.4 is 0 Å². The van der Waals surface area contributed by atoms with Crippen LogP contribution in [-0.4, -0.2) is 13.1 Å². The van der Waals surface area contributed by atoms with Crippen molar-refractivity contribution in [3.8, 4) is 0 Å². The van der Waals surface area contributed by atoms with Crippen LogP contribution in [0.5, 0.6) is 0 Å². The lowest BCUT2D eigenvalue weighted by Crippen LogP contribution is -1.53. The molecular weight excluding hydrogens is 76.1 g/mol. The molecule has 0 aliphatic rings. The second-order valence-electron chi connectivity index (χ2n) is 0.630. The Kier molecular flexibility index (Phi) is 3.45. The summed E-state index contributed by atoms with van der Waals surface area (Å²) in [5.41, 5.74) is 0. The Morgan fingerprint density at radius 3 is 2.33 bits per heavy atom. The zero-order valence-electron chi connectivity index (χ0n) is 3.46. The zero-order valence-corrected chi connectivity index (χ0v) is 3.46. The molecule has 0 unspecified atom stereocenters. The summed E-state index contributed by atoms with van der Waals surface area (Å²) in [5.74, 6) is 0. The van der Waals surface area contributed by atoms with E-state index in [0.717, 1.165) is 0 Å². The van der Waals surface area contributed by atoms with E-state index in [1.165, 1.54) is 12.5 Å². The van der Waals surface area contributed by atoms with Gasteiger partial charge in [0, 0.05) is 6.20 Å². The third-order valence-electron chi connectivity index (χ3n) is 0.254. The molecule has 0 spiro atoms. The van der Waals surface area contributed by atoms with Crippen LogP contribution in [0.3, 0.4) is 0 Å². The third-order valence-corrected chi connectivity index (χ3v) is 0.254. The van der Waals surface area contributed by atoms with Crippen LogP contribution in [0.25, 0.3) is 0 Å². The summed E-state index contributed by atoms with van der Waals surface area (Å²) < 4.78 is 0. The fraction of sp³-hybridized carbons (Fsp3) is 0. The molecule has 0 bridgehead atoms. The van der Waals surface area contributed by atoms with Crippen molar-refractivity contribution in [3.63, 3.8) is 0 Å². The fourth-order valence-corrected chi connectivity index (χ4v) is 0.0943. The van der Waals surface area contributed by atoms with E-state index < -0.39 is 0 Å². The van der Waals surface area contributed by atoms with Crippen LogP contribution in [0.1, 0.15) is 0 Å². The Bertz CT molecular complexity index is 63.6. The monoisotopic (exact) mass is 82.1 g/mol. The highest BCUT2D eigenvalue weighted by molar-refractivity contribution is 5.62. The molecule has 0 rings (SSSR count). The van der Waals surface area contributed by atoms with Crippen LogP contribution in [-0.2, 0) is 0 Å². The van der Waals surface area contributed by atoms with Gasteiger partial charge < -0.3 is 0 Å². The Labute approximate surface area is 36.9 Å². The smallest absolute Gasteiger partial charge is 0.114 e. The zero-order chi connectivity index (χ0) is 4.83. The first-order valence-electron chi connectivity index (χ1n) is 1.50. The Balaban J connectivity index is 3.17. The van der Waals surface area contributed by atoms with Crippen LogP contribution in [0.15, 0.2) is 22.8 Å². The van der Waals surface area contributed by atoms with Gasteiger partial charge in [0.2, 0.25) is 0 Å². The predicted octanol–water partition coefficient (Wildman–Crippen LogP) is 0.859. The summed E-state index contributed by atoms with van der Waals surface area (Å²) in [6.07, 6.45) is 2.72. The van der Waals surface area contributed by atoms with E-state index in [1.54, 1.807) is 0 Å². The highest BCUT2D eigenvalue weighted by Crippen LogP contribution is 1.60. The molecule has 0 aromatic rings. The van der Waals surface area contributed by atoms with Gasteiger partial charge in [-0.3, -0.25) is 4.99 Å². The van der Waals surface area contributed by atoms with Crippen molar-refractivity contribution >= 4 is 13.1 Å². The maximum absolute atomic E-state index is 3.50. The lowest BCUT2D eigenvalue weighted by molar-refractivity contribution is 1.58. The minimum Gasteiger partial charge on any atom is -0.253 e. The topological polar surface area (TPSA) is 24.7 Å². The van der Waals surface area contributed by atoms with Gasteiger partial charge >= 0.3 is 0 Å². The molecule has 0 aromatic heterocycles. The Hall–Kier alpha value is -0.920. The summed E-state index contributed by atoms with van der Waals surface area (Å²) in [6.45, 7) is 6.46. The summed E-state index contributed by atoms with van der Waals surface area (Å²) in [5, 5.41) is 0. The van der Waals surface area contributed by atoms with Gasteiger partial charge in [-0.1, -0.05) is 6.58 Å². The van der Waals surface area contributed by atoms with Gasteiger partial charge in [-0.15, -0.1) is 0 Å². The second-order valence-corrected chi connectivity index (χ2v) is 0.630. The predicted molar refractivity (Wildman–Crippen MR) is 28.2 cm³/mol. The highest BCUT2D eigenvalue weighted by atomic mass is 14.8. The summed E-state index contributed by atoms with van der Waals surface area (Å²) in [4.78, 5) is 6.81. The average Bonchev–Trinajstić information content (AvgIpc) is 1.61. The molecule has 2 heteroatoms. The molecule has 0 radical (unpaired) electrons. The lowest BCUT2D eigenvalue weighted by atomic mass is 11.0. The van der Waals surface area contributed by atoms with E-state index >= 15 is 0 Å². The van der Waals surface area contributed by atoms with Crippen molar-refractivity contribution in [1.29, 1.82) is 0 Å². The van der Waals surface area contributed by atoms with Crippen molar-refractivity contribution in [3.05, 3.63) is 12.8 Å². The molecule has 0 aromatic carbocycles. The first-order valence-corrected chi connectivity index (χ1v) is 1.50. The molecule has 0 fully saturated rings. The number of nitrogens with zero attached hydrogens (tertiary/aromatic N) is 2. The lowest BCUT2D eigenvalue weighted by Gasteiger charge is -1.63. The molecule has 6 heavy (non-hydrogen) atoms. The fourth-order valence-electron chi connectivity index (χ4n) is 0.0943. The average molecular weight is 82.1 g/mol. The van der Waals surface area contributed by atoms with Gasteiger partial charge in [0.1, 0.15) is 6.34 Å². The largest absolute Gasteiger partial charge is 0.253 e. The van der Waals surface area contributed by atoms with E-state index in [9.17, 15) is 0 Å². The minimum atomic E-state index is 1.33. The molecular formula is C4H6N2. The Morgan fingerprint density at radius 1 is 1.50 bits per heavy atom. The summed E-state index contributed by atoms with van der Waals surface area (Å²) >= 11 is 0. The summed E-state index contributed by atoms with van der Waals surface area (Å²) in [7, 11) is 0. The van der Waals surface area contributed by atoms with Crippen LogP contribution >= 0.6 is 0 Å². The molecule has 0 aliphatic heterocycles. The minimum absolute atomic E-state index is 1.33.